The van der Waals surface area contributed by atoms with Gasteiger partial charge in [-0.25, -0.2) is 0 Å². The predicted octanol–water partition coefficient (Wildman–Crippen LogP) is 2.09. The average molecular weight is 266 g/mol. The van der Waals surface area contributed by atoms with Crippen LogP contribution in [0.1, 0.15) is 12.8 Å². The van der Waals surface area contributed by atoms with E-state index in [0.717, 1.165) is 0 Å². The Hall–Kier alpha value is 0.449. The van der Waals surface area contributed by atoms with Crippen molar-refractivity contribution in [1.29, 1.82) is 0 Å². The molecule has 0 saturated carbocycles. The van der Waals surface area contributed by atoms with E-state index in [1.165, 1.54) is 0 Å². The van der Waals surface area contributed by atoms with Crippen LogP contribution in [0.3, 0.4) is 0 Å². The van der Waals surface area contributed by atoms with Gasteiger partial charge in [-0.3, -0.25) is 0 Å². The van der Waals surface area contributed by atoms with E-state index < -0.39 is 23.0 Å². The van der Waals surface area contributed by atoms with Crippen molar-refractivity contribution >= 4 is 22.5 Å². The molecule has 0 nitrogen and oxygen atoms in total. The zero-order valence-electron chi connectivity index (χ0n) is 4.80. The topological polar surface area (TPSA) is 0 Å². The van der Waals surface area contributed by atoms with E-state index in [4.69, 9.17) is 0 Å². The molecule has 0 spiro atoms. The van der Waals surface area contributed by atoms with E-state index in [0.29, 0.717) is 0 Å². The molecule has 0 fully saturated rings. The molecule has 10 heavy (non-hydrogen) atoms. The van der Waals surface area contributed by atoms with E-state index in [1.807, 2.05) is 0 Å². The van der Waals surface area contributed by atoms with Crippen LogP contribution in [0, 0.1) is 0 Å². The monoisotopic (exact) mass is 267 g/mol. The number of hydrogen-bond acceptors (Lipinski definition) is 0. The van der Waals surface area contributed by atoms with E-state index in [1.54, 1.807) is 0 Å². The fourth-order valence-corrected chi connectivity index (χ4v) is 0.655. The summed E-state index contributed by atoms with van der Waals surface area (Å²) in [5.41, 5.74) is 0. The van der Waals surface area contributed by atoms with Gasteiger partial charge in [0.1, 0.15) is 0 Å². The Morgan fingerprint density at radius 2 is 1.30 bits per heavy atom. The van der Waals surface area contributed by atoms with Crippen molar-refractivity contribution in [3.05, 3.63) is 0 Å². The van der Waals surface area contributed by atoms with Gasteiger partial charge >= 0.3 is 67.4 Å². The fraction of sp³-hybridized carbons (Fsp3) is 1.00. The SMILES string of the molecule is FC(F)(F)CC[C](F)(F)[Sn]. The predicted molar refractivity (Wildman–Crippen MR) is 26.0 cm³/mol. The van der Waals surface area contributed by atoms with Crippen LogP contribution in [-0.2, 0) is 0 Å². The third kappa shape index (κ3) is 8.45. The molecule has 59 valence electrons. The molecule has 0 aliphatic rings. The zero-order chi connectivity index (χ0) is 8.41. The quantitative estimate of drug-likeness (QED) is 0.530. The Kier molecular flexibility index (Phi) is 3.38. The van der Waals surface area contributed by atoms with E-state index in [9.17, 15) is 22.0 Å². The van der Waals surface area contributed by atoms with Crippen molar-refractivity contribution in [2.75, 3.05) is 0 Å². The molecule has 0 aliphatic heterocycles. The first kappa shape index (κ1) is 10.4. The summed E-state index contributed by atoms with van der Waals surface area (Å²) in [7, 11) is 0. The summed E-state index contributed by atoms with van der Waals surface area (Å²) in [6.45, 7) is 0. The second-order valence-electron chi connectivity index (χ2n) is 1.82. The normalized spacial score (nSPS) is 13.8. The van der Waals surface area contributed by atoms with Crippen molar-refractivity contribution in [3.8, 4) is 0 Å². The van der Waals surface area contributed by atoms with E-state index in [2.05, 4.69) is 0 Å². The summed E-state index contributed by atoms with van der Waals surface area (Å²) in [6, 6.07) is 0. The van der Waals surface area contributed by atoms with Crippen LogP contribution < -0.4 is 0 Å². The summed E-state index contributed by atoms with van der Waals surface area (Å²) in [5.74, 6) is 0. The van der Waals surface area contributed by atoms with Gasteiger partial charge in [-0.1, -0.05) is 0 Å². The molecule has 0 aliphatic carbocycles. The molecule has 0 bridgehead atoms. The second-order valence-corrected chi connectivity index (χ2v) is 3.91. The molecule has 0 aromatic rings. The Morgan fingerprint density at radius 1 is 0.900 bits per heavy atom. The van der Waals surface area contributed by atoms with E-state index in [-0.39, 0.29) is 22.5 Å². The molecule has 0 saturated heterocycles. The Labute approximate surface area is 67.9 Å². The first-order valence-corrected chi connectivity index (χ1v) is 3.83. The summed E-state index contributed by atoms with van der Waals surface area (Å²) < 4.78 is 54.3. The maximum absolute atomic E-state index is 11.8. The van der Waals surface area contributed by atoms with Crippen LogP contribution in [0.15, 0.2) is 0 Å². The first-order chi connectivity index (χ1) is 4.21. The second kappa shape index (κ2) is 3.23. The van der Waals surface area contributed by atoms with Gasteiger partial charge in [0.05, 0.1) is 0 Å². The zero-order valence-corrected chi connectivity index (χ0v) is 7.66. The third-order valence-corrected chi connectivity index (χ3v) is 1.44. The summed E-state index contributed by atoms with van der Waals surface area (Å²) in [5, 5.41) is 0. The number of halogens is 5. The van der Waals surface area contributed by atoms with Gasteiger partial charge in [0.15, 0.2) is 0 Å². The molecule has 0 aromatic carbocycles. The van der Waals surface area contributed by atoms with Crippen molar-refractivity contribution < 1.29 is 22.0 Å². The van der Waals surface area contributed by atoms with Crippen molar-refractivity contribution in [1.82, 2.24) is 0 Å². The molecule has 0 aromatic heterocycles. The van der Waals surface area contributed by atoms with Crippen LogP contribution in [0.5, 0.6) is 0 Å². The van der Waals surface area contributed by atoms with Gasteiger partial charge in [-0.05, 0) is 0 Å². The standard InChI is InChI=1S/C4H4F5.Sn/c5-3(6)1-2-4(7,8)9;/h1-2H2;. The van der Waals surface area contributed by atoms with Crippen molar-refractivity contribution in [2.45, 2.75) is 23.0 Å². The Bertz CT molecular complexity index is 87.2. The van der Waals surface area contributed by atoms with Crippen LogP contribution in [-0.4, -0.2) is 32.6 Å². The number of alkyl halides is 5. The maximum atomic E-state index is 11.8. The van der Waals surface area contributed by atoms with Crippen molar-refractivity contribution in [3.63, 3.8) is 0 Å². The van der Waals surface area contributed by atoms with Gasteiger partial charge in [0.25, 0.3) is 0 Å². The fourth-order valence-electron chi connectivity index (χ4n) is 0.299. The first-order valence-electron chi connectivity index (χ1n) is 2.40. The van der Waals surface area contributed by atoms with Crippen LogP contribution >= 0.6 is 0 Å². The molecular formula is C4H4F5Sn. The van der Waals surface area contributed by atoms with Crippen LogP contribution in [0.25, 0.3) is 0 Å². The molecule has 0 unspecified atom stereocenters. The minimum absolute atomic E-state index is 0.166. The summed E-state index contributed by atoms with van der Waals surface area (Å²) >= 11 is -0.166. The van der Waals surface area contributed by atoms with Gasteiger partial charge in [0.2, 0.25) is 0 Å². The molecule has 0 heterocycles. The summed E-state index contributed by atoms with van der Waals surface area (Å²) in [4.78, 5) is 0. The van der Waals surface area contributed by atoms with Gasteiger partial charge < -0.3 is 0 Å². The number of rotatable bonds is 2. The van der Waals surface area contributed by atoms with Crippen LogP contribution in [0.2, 0.25) is 0 Å². The van der Waals surface area contributed by atoms with E-state index >= 15 is 0 Å². The molecule has 0 amide bonds. The van der Waals surface area contributed by atoms with Gasteiger partial charge in [0, 0.05) is 0 Å². The van der Waals surface area contributed by atoms with Gasteiger partial charge in [-0.2, -0.15) is 0 Å². The number of hydrogen-bond donors (Lipinski definition) is 0. The molecule has 3 radical (unpaired) electrons. The van der Waals surface area contributed by atoms with Crippen LogP contribution in [0.4, 0.5) is 22.0 Å². The Morgan fingerprint density at radius 3 is 1.40 bits per heavy atom. The third-order valence-electron chi connectivity index (χ3n) is 0.722. The van der Waals surface area contributed by atoms with Crippen molar-refractivity contribution in [2.24, 2.45) is 0 Å². The molecular weight excluding hydrogens is 262 g/mol. The molecule has 6 heteroatoms. The molecule has 0 atom stereocenters. The minimum atomic E-state index is -4.46. The molecule has 0 rings (SSSR count). The Balaban J connectivity index is 3.56. The summed E-state index contributed by atoms with van der Waals surface area (Å²) in [6.07, 6.45) is -6.94. The van der Waals surface area contributed by atoms with Gasteiger partial charge in [-0.15, -0.1) is 0 Å². The molecule has 0 N–H and O–H groups in total. The average Bonchev–Trinajstić information content (AvgIpc) is 1.57.